The molecule has 0 fully saturated rings. The summed E-state index contributed by atoms with van der Waals surface area (Å²) in [6.07, 6.45) is -8.51. The van der Waals surface area contributed by atoms with Crippen molar-refractivity contribution in [1.29, 1.82) is 0 Å². The predicted octanol–water partition coefficient (Wildman–Crippen LogP) is 6.42. The van der Waals surface area contributed by atoms with E-state index in [1.807, 2.05) is 26.8 Å². The average molecular weight is 553 g/mol. The molecule has 13 heteroatoms. The molecule has 0 saturated heterocycles. The first-order valence-corrected chi connectivity index (χ1v) is 11.9. The zero-order chi connectivity index (χ0) is 29.1. The average Bonchev–Trinajstić information content (AvgIpc) is 3.22. The first-order valence-electron chi connectivity index (χ1n) is 11.9. The summed E-state index contributed by atoms with van der Waals surface area (Å²) in [6, 6.07) is 6.18. The largest absolute Gasteiger partial charge is 0.416 e. The van der Waals surface area contributed by atoms with E-state index in [1.165, 1.54) is 10.7 Å². The van der Waals surface area contributed by atoms with E-state index in [1.54, 1.807) is 19.3 Å². The summed E-state index contributed by atoms with van der Waals surface area (Å²) >= 11 is 0. The van der Waals surface area contributed by atoms with Gasteiger partial charge in [-0.2, -0.15) is 31.4 Å². The fourth-order valence-corrected chi connectivity index (χ4v) is 4.00. The van der Waals surface area contributed by atoms with Crippen molar-refractivity contribution >= 4 is 28.6 Å². The number of nitrogen functional groups attached to an aromatic ring is 1. The molecule has 4 aromatic rings. The number of aryl methyl sites for hydroxylation is 2. The molecule has 7 nitrogen and oxygen atoms in total. The highest BCUT2D eigenvalue weighted by molar-refractivity contribution is 5.93. The molecule has 3 N–H and O–H groups in total. The Morgan fingerprint density at radius 3 is 2.31 bits per heavy atom. The molecule has 0 spiro atoms. The van der Waals surface area contributed by atoms with Gasteiger partial charge in [-0.05, 0) is 47.9 Å². The third-order valence-corrected chi connectivity index (χ3v) is 5.69. The number of hydrogen-bond acceptors (Lipinski definition) is 5. The number of carbonyl (C=O) groups excluding carboxylic acids is 1. The van der Waals surface area contributed by atoms with Gasteiger partial charge in [-0.25, -0.2) is 9.97 Å². The maximum Gasteiger partial charge on any atom is 0.416 e. The van der Waals surface area contributed by atoms with Crippen LogP contribution in [-0.2, 0) is 37.0 Å². The summed E-state index contributed by atoms with van der Waals surface area (Å²) in [4.78, 5) is 20.8. The molecule has 0 atom stereocenters. The number of nitrogens with two attached hydrogens (primary N) is 1. The second kappa shape index (κ2) is 11.3. The second-order valence-corrected chi connectivity index (χ2v) is 8.29. The lowest BCUT2D eigenvalue weighted by Crippen LogP contribution is -2.19. The van der Waals surface area contributed by atoms with E-state index in [4.69, 9.17) is 5.73 Å². The number of anilines is 2. The van der Waals surface area contributed by atoms with Gasteiger partial charge in [0.25, 0.3) is 0 Å². The number of fused-ring (bicyclic) bond motifs is 1. The third kappa shape index (κ3) is 6.65. The van der Waals surface area contributed by atoms with Crippen molar-refractivity contribution in [1.82, 2.24) is 19.7 Å². The van der Waals surface area contributed by atoms with Gasteiger partial charge >= 0.3 is 12.4 Å². The van der Waals surface area contributed by atoms with E-state index < -0.39 is 41.4 Å². The lowest BCUT2D eigenvalue weighted by molar-refractivity contribution is -0.142. The number of nitrogens with zero attached hydrogens (tertiary/aromatic N) is 4. The van der Waals surface area contributed by atoms with E-state index >= 15 is 0 Å². The van der Waals surface area contributed by atoms with Gasteiger partial charge in [-0.3, -0.25) is 9.48 Å². The molecular weight excluding hydrogens is 526 g/mol. The number of carbonyl (C=O) groups is 1. The van der Waals surface area contributed by atoms with Gasteiger partial charge < -0.3 is 11.1 Å². The topological polar surface area (TPSA) is 98.7 Å². The molecule has 0 unspecified atom stereocenters. The normalized spacial score (nSPS) is 11.7. The van der Waals surface area contributed by atoms with Gasteiger partial charge in [0.2, 0.25) is 11.9 Å². The van der Waals surface area contributed by atoms with Crippen LogP contribution in [0.3, 0.4) is 0 Å². The maximum atomic E-state index is 13.3. The van der Waals surface area contributed by atoms with E-state index in [0.717, 1.165) is 10.9 Å². The molecule has 0 aliphatic rings. The van der Waals surface area contributed by atoms with Gasteiger partial charge in [0.1, 0.15) is 0 Å². The highest BCUT2D eigenvalue weighted by Crippen LogP contribution is 2.37. The molecule has 4 rings (SSSR count). The smallest absolute Gasteiger partial charge is 0.368 e. The van der Waals surface area contributed by atoms with Crippen LogP contribution in [0.2, 0.25) is 0 Å². The van der Waals surface area contributed by atoms with Gasteiger partial charge in [0.15, 0.2) is 5.82 Å². The molecule has 0 radical (unpaired) electrons. The van der Waals surface area contributed by atoms with Crippen molar-refractivity contribution < 1.29 is 31.1 Å². The summed E-state index contributed by atoms with van der Waals surface area (Å²) in [7, 11) is 1.61. The number of aromatic nitrogens is 4. The van der Waals surface area contributed by atoms with Crippen molar-refractivity contribution in [2.24, 2.45) is 7.05 Å². The number of halogens is 6. The van der Waals surface area contributed by atoms with Crippen molar-refractivity contribution in [3.05, 3.63) is 64.8 Å². The fraction of sp³-hybridized carbons (Fsp3) is 0.308. The Kier molecular flexibility index (Phi) is 8.51. The summed E-state index contributed by atoms with van der Waals surface area (Å²) < 4.78 is 80.7. The standard InChI is InChI=1S/C24H20F6N6O.C2H6/c1-3-12-6-14(7-15-11-32-22(31)34-21(12)15)18-10-19(35-36(18)2)33-20(37)9-13-8-16(23(25,26)27)4-5-17(13)24(28,29)30;1-2/h4-8,10-11H,3,9H2,1-2H3,(H2,31,32,34)(H,33,35,37);1-2H3. The second-order valence-electron chi connectivity index (χ2n) is 8.29. The number of rotatable bonds is 5. The highest BCUT2D eigenvalue weighted by atomic mass is 19.4. The van der Waals surface area contributed by atoms with E-state index in [0.29, 0.717) is 41.4 Å². The molecule has 0 bridgehead atoms. The molecule has 2 aromatic carbocycles. The Labute approximate surface area is 220 Å². The summed E-state index contributed by atoms with van der Waals surface area (Å²) in [5, 5.41) is 7.27. The summed E-state index contributed by atoms with van der Waals surface area (Å²) in [5.74, 6) is -0.796. The van der Waals surface area contributed by atoms with Crippen molar-refractivity contribution in [2.75, 3.05) is 11.1 Å². The van der Waals surface area contributed by atoms with Crippen LogP contribution in [0.5, 0.6) is 0 Å². The minimum Gasteiger partial charge on any atom is -0.368 e. The zero-order valence-corrected chi connectivity index (χ0v) is 21.5. The molecule has 2 aromatic heterocycles. The van der Waals surface area contributed by atoms with Crippen LogP contribution >= 0.6 is 0 Å². The van der Waals surface area contributed by atoms with Crippen LogP contribution in [0.25, 0.3) is 22.2 Å². The predicted molar refractivity (Wildman–Crippen MR) is 136 cm³/mol. The monoisotopic (exact) mass is 552 g/mol. The van der Waals surface area contributed by atoms with Crippen LogP contribution in [0.1, 0.15) is 43.0 Å². The minimum absolute atomic E-state index is 0.0229. The number of alkyl halides is 6. The van der Waals surface area contributed by atoms with Crippen molar-refractivity contribution in [3.63, 3.8) is 0 Å². The number of nitrogens with one attached hydrogen (secondary N) is 1. The van der Waals surface area contributed by atoms with Crippen molar-refractivity contribution in [3.8, 4) is 11.3 Å². The SMILES string of the molecule is CC.CCc1cc(-c2cc(NC(=O)Cc3cc(C(F)(F)F)ccc3C(F)(F)F)nn2C)cc2cnc(N)nc12. The van der Waals surface area contributed by atoms with Gasteiger partial charge in [0, 0.05) is 30.3 Å². The van der Waals surface area contributed by atoms with Crippen LogP contribution in [0.15, 0.2) is 42.6 Å². The Morgan fingerprint density at radius 2 is 1.69 bits per heavy atom. The molecule has 39 heavy (non-hydrogen) atoms. The van der Waals surface area contributed by atoms with Gasteiger partial charge in [-0.15, -0.1) is 0 Å². The number of hydrogen-bond donors (Lipinski definition) is 2. The lowest BCUT2D eigenvalue weighted by atomic mass is 10.00. The molecule has 0 aliphatic heterocycles. The van der Waals surface area contributed by atoms with Crippen LogP contribution < -0.4 is 11.1 Å². The Bertz CT molecular complexity index is 1490. The molecule has 1 amide bonds. The third-order valence-electron chi connectivity index (χ3n) is 5.69. The van der Waals surface area contributed by atoms with E-state index in [-0.39, 0.29) is 11.8 Å². The number of amides is 1. The van der Waals surface area contributed by atoms with Crippen molar-refractivity contribution in [2.45, 2.75) is 46.0 Å². The molecule has 0 aliphatic carbocycles. The minimum atomic E-state index is -4.93. The Balaban J connectivity index is 0.00000205. The zero-order valence-electron chi connectivity index (χ0n) is 21.5. The van der Waals surface area contributed by atoms with E-state index in [2.05, 4.69) is 20.4 Å². The molecule has 0 saturated carbocycles. The molecule has 208 valence electrons. The fourth-order valence-electron chi connectivity index (χ4n) is 4.00. The lowest BCUT2D eigenvalue weighted by Gasteiger charge is -2.15. The Morgan fingerprint density at radius 1 is 1.00 bits per heavy atom. The number of benzene rings is 2. The van der Waals surface area contributed by atoms with Crippen LogP contribution in [-0.4, -0.2) is 25.7 Å². The first kappa shape index (κ1) is 29.4. The summed E-state index contributed by atoms with van der Waals surface area (Å²) in [6.45, 7) is 5.94. The Hall–Kier alpha value is -4.16. The first-order chi connectivity index (χ1) is 18.3. The van der Waals surface area contributed by atoms with Gasteiger partial charge in [-0.1, -0.05) is 20.8 Å². The van der Waals surface area contributed by atoms with Crippen LogP contribution in [0.4, 0.5) is 38.1 Å². The van der Waals surface area contributed by atoms with E-state index in [9.17, 15) is 31.1 Å². The molecular formula is C26H26F6N6O. The highest BCUT2D eigenvalue weighted by Gasteiger charge is 2.37. The van der Waals surface area contributed by atoms with Crippen LogP contribution in [0, 0.1) is 0 Å². The molecule has 2 heterocycles. The van der Waals surface area contributed by atoms with Gasteiger partial charge in [0.05, 0.1) is 28.8 Å². The summed E-state index contributed by atoms with van der Waals surface area (Å²) in [5.41, 5.74) is 5.16. The maximum absolute atomic E-state index is 13.3. The quantitative estimate of drug-likeness (QED) is 0.279.